The van der Waals surface area contributed by atoms with Crippen molar-refractivity contribution in [2.24, 2.45) is 11.7 Å². The van der Waals surface area contributed by atoms with Crippen LogP contribution in [0, 0.1) is 5.92 Å². The van der Waals surface area contributed by atoms with Crippen LogP contribution < -0.4 is 11.1 Å². The van der Waals surface area contributed by atoms with Crippen LogP contribution in [0.3, 0.4) is 0 Å². The molecule has 2 atom stereocenters. The molecule has 0 radical (unpaired) electrons. The second-order valence-electron chi connectivity index (χ2n) is 6.28. The van der Waals surface area contributed by atoms with Crippen LogP contribution in [0.4, 0.5) is 10.5 Å². The number of benzene rings is 1. The van der Waals surface area contributed by atoms with Gasteiger partial charge in [-0.25, -0.2) is 4.79 Å². The molecule has 0 aromatic heterocycles. The van der Waals surface area contributed by atoms with Gasteiger partial charge in [0.2, 0.25) is 0 Å². The van der Waals surface area contributed by atoms with E-state index in [4.69, 9.17) is 5.73 Å². The molecule has 0 bridgehead atoms. The summed E-state index contributed by atoms with van der Waals surface area (Å²) in [6, 6.07) is 8.32. The standard InChI is InChI=1S/C17H25N3O/c18-12-13-7-9-15(10-8-13)19-17(21)20-11-3-5-14-4-1-2-6-16(14)20/h7-10,14,16H,1-6,11-12,18H2,(H,19,21)/t14-,16-/m1/s1. The number of anilines is 1. The zero-order valence-electron chi connectivity index (χ0n) is 12.6. The maximum atomic E-state index is 12.6. The van der Waals surface area contributed by atoms with Gasteiger partial charge in [0, 0.05) is 24.8 Å². The van der Waals surface area contributed by atoms with Gasteiger partial charge in [-0.1, -0.05) is 25.0 Å². The summed E-state index contributed by atoms with van der Waals surface area (Å²) < 4.78 is 0. The van der Waals surface area contributed by atoms with Crippen molar-refractivity contribution in [3.63, 3.8) is 0 Å². The lowest BCUT2D eigenvalue weighted by Crippen LogP contribution is -2.51. The molecule has 4 heteroatoms. The van der Waals surface area contributed by atoms with E-state index < -0.39 is 0 Å². The van der Waals surface area contributed by atoms with Crippen molar-refractivity contribution in [1.82, 2.24) is 4.90 Å². The molecule has 0 unspecified atom stereocenters. The van der Waals surface area contributed by atoms with Gasteiger partial charge < -0.3 is 16.0 Å². The summed E-state index contributed by atoms with van der Waals surface area (Å²) in [7, 11) is 0. The maximum Gasteiger partial charge on any atom is 0.322 e. The molecule has 4 nitrogen and oxygen atoms in total. The molecule has 21 heavy (non-hydrogen) atoms. The Hall–Kier alpha value is -1.55. The molecule has 2 fully saturated rings. The lowest BCUT2D eigenvalue weighted by atomic mass is 9.78. The van der Waals surface area contributed by atoms with E-state index in [0.29, 0.717) is 12.6 Å². The zero-order chi connectivity index (χ0) is 14.7. The third-order valence-electron chi connectivity index (χ3n) is 4.94. The van der Waals surface area contributed by atoms with E-state index in [1.54, 1.807) is 0 Å². The highest BCUT2D eigenvalue weighted by molar-refractivity contribution is 5.89. The Balaban J connectivity index is 1.65. The number of rotatable bonds is 2. The lowest BCUT2D eigenvalue weighted by Gasteiger charge is -2.44. The van der Waals surface area contributed by atoms with Crippen LogP contribution in [0.1, 0.15) is 44.1 Å². The van der Waals surface area contributed by atoms with Gasteiger partial charge in [0.1, 0.15) is 0 Å². The molecule has 1 saturated carbocycles. The minimum atomic E-state index is 0.0621. The average molecular weight is 287 g/mol. The number of hydrogen-bond donors (Lipinski definition) is 2. The fourth-order valence-corrected chi connectivity index (χ4v) is 3.80. The van der Waals surface area contributed by atoms with Crippen LogP contribution in [-0.2, 0) is 6.54 Å². The van der Waals surface area contributed by atoms with Gasteiger partial charge in [-0.15, -0.1) is 0 Å². The lowest BCUT2D eigenvalue weighted by molar-refractivity contribution is 0.0909. The summed E-state index contributed by atoms with van der Waals surface area (Å²) in [6.45, 7) is 1.43. The Labute approximate surface area is 126 Å². The van der Waals surface area contributed by atoms with Crippen molar-refractivity contribution in [2.45, 2.75) is 51.1 Å². The average Bonchev–Trinajstić information content (AvgIpc) is 2.55. The molecular formula is C17H25N3O. The molecule has 2 amide bonds. The number of carbonyl (C=O) groups is 1. The first-order chi connectivity index (χ1) is 10.3. The van der Waals surface area contributed by atoms with Crippen LogP contribution >= 0.6 is 0 Å². The first kappa shape index (κ1) is 14.4. The number of amides is 2. The normalized spacial score (nSPS) is 25.3. The number of piperidine rings is 1. The third-order valence-corrected chi connectivity index (χ3v) is 4.94. The van der Waals surface area contributed by atoms with Gasteiger partial charge in [-0.3, -0.25) is 0 Å². The number of nitrogens with one attached hydrogen (secondary N) is 1. The molecule has 1 saturated heterocycles. The molecule has 1 aliphatic carbocycles. The summed E-state index contributed by atoms with van der Waals surface area (Å²) >= 11 is 0. The predicted octanol–water partition coefficient (Wildman–Crippen LogP) is 3.33. The van der Waals surface area contributed by atoms with Crippen LogP contribution in [0.15, 0.2) is 24.3 Å². The zero-order valence-corrected chi connectivity index (χ0v) is 12.6. The Bertz CT molecular complexity index is 483. The summed E-state index contributed by atoms with van der Waals surface area (Å²) in [6.07, 6.45) is 7.48. The molecule has 0 spiro atoms. The molecule has 114 valence electrons. The fraction of sp³-hybridized carbons (Fsp3) is 0.588. The van der Waals surface area contributed by atoms with E-state index in [1.807, 2.05) is 24.3 Å². The second kappa shape index (κ2) is 6.48. The number of carbonyl (C=O) groups excluding carboxylic acids is 1. The second-order valence-corrected chi connectivity index (χ2v) is 6.28. The molecule has 3 N–H and O–H groups in total. The van der Waals surface area contributed by atoms with E-state index in [9.17, 15) is 4.79 Å². The Morgan fingerprint density at radius 1 is 1.14 bits per heavy atom. The van der Waals surface area contributed by atoms with Gasteiger partial charge >= 0.3 is 6.03 Å². The number of likely N-dealkylation sites (tertiary alicyclic amines) is 1. The largest absolute Gasteiger partial charge is 0.326 e. The highest BCUT2D eigenvalue weighted by Crippen LogP contribution is 2.35. The number of nitrogens with zero attached hydrogens (tertiary/aromatic N) is 1. The number of fused-ring (bicyclic) bond motifs is 1. The van der Waals surface area contributed by atoms with Crippen molar-refractivity contribution >= 4 is 11.7 Å². The molecule has 1 aliphatic heterocycles. The summed E-state index contributed by atoms with van der Waals surface area (Å²) in [5, 5.41) is 3.04. The van der Waals surface area contributed by atoms with Gasteiger partial charge in [0.15, 0.2) is 0 Å². The minimum absolute atomic E-state index is 0.0621. The van der Waals surface area contributed by atoms with Crippen LogP contribution in [0.25, 0.3) is 0 Å². The van der Waals surface area contributed by atoms with Crippen LogP contribution in [-0.4, -0.2) is 23.5 Å². The van der Waals surface area contributed by atoms with Crippen molar-refractivity contribution < 1.29 is 4.79 Å². The molecule has 3 rings (SSSR count). The summed E-state index contributed by atoms with van der Waals surface area (Å²) in [5.41, 5.74) is 7.53. The minimum Gasteiger partial charge on any atom is -0.326 e. The van der Waals surface area contributed by atoms with Gasteiger partial charge in [0.05, 0.1) is 0 Å². The summed E-state index contributed by atoms with van der Waals surface area (Å²) in [4.78, 5) is 14.6. The van der Waals surface area contributed by atoms with Crippen LogP contribution in [0.5, 0.6) is 0 Å². The van der Waals surface area contributed by atoms with E-state index in [-0.39, 0.29) is 6.03 Å². The van der Waals surface area contributed by atoms with Gasteiger partial charge in [0.25, 0.3) is 0 Å². The molecule has 1 heterocycles. The number of hydrogen-bond acceptors (Lipinski definition) is 2. The SMILES string of the molecule is NCc1ccc(NC(=O)N2CCC[C@H]3CCCC[C@H]32)cc1. The Morgan fingerprint density at radius 3 is 2.62 bits per heavy atom. The van der Waals surface area contributed by atoms with Crippen molar-refractivity contribution in [1.29, 1.82) is 0 Å². The molecule has 2 aliphatic rings. The first-order valence-corrected chi connectivity index (χ1v) is 8.14. The highest BCUT2D eigenvalue weighted by atomic mass is 16.2. The molecule has 1 aromatic rings. The van der Waals surface area contributed by atoms with E-state index in [0.717, 1.165) is 30.1 Å². The highest BCUT2D eigenvalue weighted by Gasteiger charge is 2.35. The topological polar surface area (TPSA) is 58.4 Å². The van der Waals surface area contributed by atoms with Gasteiger partial charge in [-0.2, -0.15) is 0 Å². The number of urea groups is 1. The Morgan fingerprint density at radius 2 is 1.86 bits per heavy atom. The first-order valence-electron chi connectivity index (χ1n) is 8.14. The van der Waals surface area contributed by atoms with Gasteiger partial charge in [-0.05, 0) is 49.3 Å². The maximum absolute atomic E-state index is 12.6. The van der Waals surface area contributed by atoms with E-state index in [2.05, 4.69) is 10.2 Å². The summed E-state index contributed by atoms with van der Waals surface area (Å²) in [5.74, 6) is 0.720. The van der Waals surface area contributed by atoms with Crippen molar-refractivity contribution in [3.8, 4) is 0 Å². The predicted molar refractivity (Wildman–Crippen MR) is 85.0 cm³/mol. The number of nitrogens with two attached hydrogens (primary N) is 1. The Kier molecular flexibility index (Phi) is 4.44. The molecule has 1 aromatic carbocycles. The fourth-order valence-electron chi connectivity index (χ4n) is 3.80. The smallest absolute Gasteiger partial charge is 0.322 e. The quantitative estimate of drug-likeness (QED) is 0.876. The van der Waals surface area contributed by atoms with E-state index in [1.165, 1.54) is 32.1 Å². The monoisotopic (exact) mass is 287 g/mol. The van der Waals surface area contributed by atoms with E-state index >= 15 is 0 Å². The van der Waals surface area contributed by atoms with Crippen LogP contribution in [0.2, 0.25) is 0 Å². The van der Waals surface area contributed by atoms with Crippen molar-refractivity contribution in [2.75, 3.05) is 11.9 Å². The molecular weight excluding hydrogens is 262 g/mol. The third kappa shape index (κ3) is 3.21. The van der Waals surface area contributed by atoms with Crippen molar-refractivity contribution in [3.05, 3.63) is 29.8 Å².